The molecule has 2 aliphatic rings. The Balaban J connectivity index is 2.14. The normalized spacial score (nSPS) is 43.9. The van der Waals surface area contributed by atoms with Crippen molar-refractivity contribution in [1.29, 1.82) is 0 Å². The van der Waals surface area contributed by atoms with Gasteiger partial charge in [-0.05, 0) is 30.6 Å². The van der Waals surface area contributed by atoms with Crippen LogP contribution in [0, 0.1) is 17.8 Å². The third-order valence-corrected chi connectivity index (χ3v) is 2.68. The summed E-state index contributed by atoms with van der Waals surface area (Å²) in [6.45, 7) is 2.31. The first kappa shape index (κ1) is 6.21. The van der Waals surface area contributed by atoms with Crippen LogP contribution in [-0.2, 0) is 0 Å². The fourth-order valence-electron chi connectivity index (χ4n) is 2.07. The average molecular weight is 134 g/mol. The Hall–Kier alpha value is -0.520. The smallest absolute Gasteiger partial charge is 0.00219 e. The van der Waals surface area contributed by atoms with Crippen molar-refractivity contribution in [2.75, 3.05) is 0 Å². The van der Waals surface area contributed by atoms with E-state index in [4.69, 9.17) is 0 Å². The molecule has 0 N–H and O–H groups in total. The largest absolute Gasteiger partial charge is 0.0876 e. The molecule has 0 fully saturated rings. The molecule has 0 saturated heterocycles. The zero-order valence-electron chi connectivity index (χ0n) is 6.46. The van der Waals surface area contributed by atoms with Crippen LogP contribution in [0.3, 0.4) is 0 Å². The zero-order chi connectivity index (χ0) is 6.97. The lowest BCUT2D eigenvalue weighted by Gasteiger charge is -2.23. The maximum absolute atomic E-state index is 2.38. The highest BCUT2D eigenvalue weighted by atomic mass is 14.3. The van der Waals surface area contributed by atoms with E-state index < -0.39 is 0 Å². The van der Waals surface area contributed by atoms with Gasteiger partial charge in [0.25, 0.3) is 0 Å². The van der Waals surface area contributed by atoms with Gasteiger partial charge in [0.1, 0.15) is 0 Å². The minimum Gasteiger partial charge on any atom is -0.0876 e. The fourth-order valence-corrected chi connectivity index (χ4v) is 2.07. The first-order valence-corrected chi connectivity index (χ1v) is 4.21. The molecule has 0 saturated carbocycles. The molecule has 3 unspecified atom stereocenters. The van der Waals surface area contributed by atoms with E-state index in [9.17, 15) is 0 Å². The van der Waals surface area contributed by atoms with Crippen LogP contribution in [0.4, 0.5) is 0 Å². The Morgan fingerprint density at radius 2 is 2.10 bits per heavy atom. The van der Waals surface area contributed by atoms with Crippen molar-refractivity contribution >= 4 is 0 Å². The van der Waals surface area contributed by atoms with Gasteiger partial charge in [0.05, 0.1) is 0 Å². The molecule has 0 nitrogen and oxygen atoms in total. The molecule has 0 aliphatic heterocycles. The van der Waals surface area contributed by atoms with Gasteiger partial charge in [0.15, 0.2) is 0 Å². The minimum absolute atomic E-state index is 0.788. The summed E-state index contributed by atoms with van der Waals surface area (Å²) < 4.78 is 0. The molecule has 0 amide bonds. The second kappa shape index (κ2) is 2.26. The minimum atomic E-state index is 0.788. The molecule has 2 aliphatic carbocycles. The topological polar surface area (TPSA) is 0 Å². The first-order chi connectivity index (χ1) is 4.86. The van der Waals surface area contributed by atoms with E-state index in [1.54, 1.807) is 0 Å². The zero-order valence-corrected chi connectivity index (χ0v) is 6.46. The van der Waals surface area contributed by atoms with Crippen LogP contribution >= 0.6 is 0 Å². The van der Waals surface area contributed by atoms with Gasteiger partial charge in [-0.15, -0.1) is 0 Å². The summed E-state index contributed by atoms with van der Waals surface area (Å²) in [5.74, 6) is 2.55. The Labute approximate surface area is 62.6 Å². The lowest BCUT2D eigenvalue weighted by atomic mass is 9.82. The van der Waals surface area contributed by atoms with Gasteiger partial charge in [-0.1, -0.05) is 31.2 Å². The van der Waals surface area contributed by atoms with E-state index in [1.807, 2.05) is 0 Å². The van der Waals surface area contributed by atoms with Crippen LogP contribution in [0.25, 0.3) is 0 Å². The van der Waals surface area contributed by atoms with Crippen LogP contribution in [0.15, 0.2) is 24.3 Å². The highest BCUT2D eigenvalue weighted by molar-refractivity contribution is 5.13. The monoisotopic (exact) mass is 134 g/mol. The third kappa shape index (κ3) is 0.920. The molecule has 0 heteroatoms. The molecule has 54 valence electrons. The summed E-state index contributed by atoms with van der Waals surface area (Å²) in [5, 5.41) is 0. The van der Waals surface area contributed by atoms with Crippen molar-refractivity contribution in [2.24, 2.45) is 17.8 Å². The molecule has 0 bridgehead atoms. The maximum Gasteiger partial charge on any atom is -0.00219 e. The van der Waals surface area contributed by atoms with Crippen molar-refractivity contribution in [3.8, 4) is 0 Å². The number of hydrogen-bond acceptors (Lipinski definition) is 0. The summed E-state index contributed by atoms with van der Waals surface area (Å²) in [4.78, 5) is 0. The fraction of sp³-hybridized carbons (Fsp3) is 0.600. The highest BCUT2D eigenvalue weighted by Crippen LogP contribution is 2.35. The van der Waals surface area contributed by atoms with Crippen LogP contribution in [0.1, 0.15) is 19.8 Å². The van der Waals surface area contributed by atoms with Gasteiger partial charge < -0.3 is 0 Å². The van der Waals surface area contributed by atoms with Crippen LogP contribution in [-0.4, -0.2) is 0 Å². The van der Waals surface area contributed by atoms with E-state index in [2.05, 4.69) is 31.2 Å². The third-order valence-electron chi connectivity index (χ3n) is 2.68. The molecule has 0 radical (unpaired) electrons. The predicted molar refractivity (Wildman–Crippen MR) is 43.7 cm³/mol. The van der Waals surface area contributed by atoms with Crippen molar-refractivity contribution in [2.45, 2.75) is 19.8 Å². The van der Waals surface area contributed by atoms with Gasteiger partial charge >= 0.3 is 0 Å². The van der Waals surface area contributed by atoms with E-state index in [-0.39, 0.29) is 0 Å². The van der Waals surface area contributed by atoms with Crippen LogP contribution in [0.2, 0.25) is 0 Å². The van der Waals surface area contributed by atoms with E-state index in [0.29, 0.717) is 0 Å². The summed E-state index contributed by atoms with van der Waals surface area (Å²) in [7, 11) is 0. The number of fused-ring (bicyclic) bond motifs is 1. The quantitative estimate of drug-likeness (QED) is 0.447. The van der Waals surface area contributed by atoms with Crippen LogP contribution < -0.4 is 0 Å². The molecule has 0 aromatic heterocycles. The predicted octanol–water partition coefficient (Wildman–Crippen LogP) is 2.77. The molecule has 0 aromatic carbocycles. The van der Waals surface area contributed by atoms with Crippen molar-refractivity contribution < 1.29 is 0 Å². The average Bonchev–Trinajstić information content (AvgIpc) is 2.33. The van der Waals surface area contributed by atoms with Crippen molar-refractivity contribution in [1.82, 2.24) is 0 Å². The molecule has 0 heterocycles. The molecule has 3 atom stereocenters. The molecule has 0 spiro atoms. The Morgan fingerprint density at radius 3 is 3.00 bits per heavy atom. The summed E-state index contributed by atoms with van der Waals surface area (Å²) in [5.41, 5.74) is 0. The van der Waals surface area contributed by atoms with Gasteiger partial charge in [0.2, 0.25) is 0 Å². The number of rotatable bonds is 0. The second-order valence-electron chi connectivity index (χ2n) is 3.60. The molecule has 10 heavy (non-hydrogen) atoms. The molecular formula is C10H14. The van der Waals surface area contributed by atoms with E-state index in [0.717, 1.165) is 17.8 Å². The maximum atomic E-state index is 2.38. The van der Waals surface area contributed by atoms with E-state index in [1.165, 1.54) is 12.8 Å². The highest BCUT2D eigenvalue weighted by Gasteiger charge is 2.24. The van der Waals surface area contributed by atoms with Gasteiger partial charge in [0, 0.05) is 0 Å². The standard InChI is InChI=1S/C10H14/c1-8-5-6-9-3-2-4-10(9)7-8/h2-3,5-6,8-10H,4,7H2,1H3. The molecule has 2 rings (SSSR count). The molecule has 0 aromatic rings. The van der Waals surface area contributed by atoms with Gasteiger partial charge in [-0.3, -0.25) is 0 Å². The van der Waals surface area contributed by atoms with Gasteiger partial charge in [-0.2, -0.15) is 0 Å². The Morgan fingerprint density at radius 1 is 1.20 bits per heavy atom. The summed E-state index contributed by atoms with van der Waals surface area (Å²) in [6, 6.07) is 0. The first-order valence-electron chi connectivity index (χ1n) is 4.21. The number of hydrogen-bond donors (Lipinski definition) is 0. The SMILES string of the molecule is CC1C=CC2C=CCC2C1. The van der Waals surface area contributed by atoms with E-state index >= 15 is 0 Å². The number of allylic oxidation sites excluding steroid dienone is 4. The molecular weight excluding hydrogens is 120 g/mol. The van der Waals surface area contributed by atoms with Crippen LogP contribution in [0.5, 0.6) is 0 Å². The Bertz CT molecular complexity index is 176. The lowest BCUT2D eigenvalue weighted by Crippen LogP contribution is -2.13. The van der Waals surface area contributed by atoms with Crippen molar-refractivity contribution in [3.63, 3.8) is 0 Å². The summed E-state index contributed by atoms with van der Waals surface area (Å²) in [6.07, 6.45) is 12.1. The van der Waals surface area contributed by atoms with Gasteiger partial charge in [-0.25, -0.2) is 0 Å². The second-order valence-corrected chi connectivity index (χ2v) is 3.60. The lowest BCUT2D eigenvalue weighted by molar-refractivity contribution is 0.381. The summed E-state index contributed by atoms with van der Waals surface area (Å²) >= 11 is 0. The Kier molecular flexibility index (Phi) is 1.40. The van der Waals surface area contributed by atoms with Crippen molar-refractivity contribution in [3.05, 3.63) is 24.3 Å².